The number of carboxylic acid groups (broad SMARTS) is 1. The molecular formula is C7H10N4O5S2. The van der Waals surface area contributed by atoms with Gasteiger partial charge in [-0.2, -0.15) is 0 Å². The van der Waals surface area contributed by atoms with Gasteiger partial charge >= 0.3 is 12.0 Å². The highest BCUT2D eigenvalue weighted by molar-refractivity contribution is 7.94. The topological polar surface area (TPSA) is 130 Å². The number of hydrogen-bond donors (Lipinski definition) is 2. The van der Waals surface area contributed by atoms with Crippen molar-refractivity contribution < 1.29 is 23.1 Å². The Morgan fingerprint density at radius 1 is 1.44 bits per heavy atom. The zero-order valence-electron chi connectivity index (χ0n) is 9.45. The van der Waals surface area contributed by atoms with Crippen LogP contribution in [0.3, 0.4) is 0 Å². The van der Waals surface area contributed by atoms with Gasteiger partial charge in [-0.3, -0.25) is 9.69 Å². The number of sulfone groups is 1. The molecule has 0 aliphatic heterocycles. The Kier molecular flexibility index (Phi) is 4.19. The third-order valence-corrected chi connectivity index (χ3v) is 4.83. The van der Waals surface area contributed by atoms with Gasteiger partial charge in [-0.15, -0.1) is 10.2 Å². The van der Waals surface area contributed by atoms with Crippen molar-refractivity contribution in [1.82, 2.24) is 15.5 Å². The van der Waals surface area contributed by atoms with E-state index in [0.717, 1.165) is 4.90 Å². The molecule has 0 aliphatic rings. The molecule has 1 heterocycles. The van der Waals surface area contributed by atoms with E-state index in [9.17, 15) is 18.0 Å². The van der Waals surface area contributed by atoms with Gasteiger partial charge in [0.05, 0.1) is 0 Å². The van der Waals surface area contributed by atoms with Crippen LogP contribution in [0, 0.1) is 0 Å². The van der Waals surface area contributed by atoms with Gasteiger partial charge in [0.25, 0.3) is 0 Å². The Morgan fingerprint density at radius 3 is 2.56 bits per heavy atom. The molecule has 100 valence electrons. The summed E-state index contributed by atoms with van der Waals surface area (Å²) in [6.45, 7) is 0. The van der Waals surface area contributed by atoms with Crippen LogP contribution < -0.4 is 10.2 Å². The standard InChI is InChI=1S/C7H10N4O5S2/c1-8-5(14)11(2)6-9-10-7(17-6)18(15,16)3-4(12)13/h3H2,1-2H3,(H,8,14)(H,12,13). The van der Waals surface area contributed by atoms with Crippen molar-refractivity contribution in [3.05, 3.63) is 0 Å². The van der Waals surface area contributed by atoms with Gasteiger partial charge in [0.2, 0.25) is 19.3 Å². The number of aliphatic carboxylic acids is 1. The lowest BCUT2D eigenvalue weighted by Gasteiger charge is -2.10. The summed E-state index contributed by atoms with van der Waals surface area (Å²) >= 11 is 0.625. The molecule has 18 heavy (non-hydrogen) atoms. The van der Waals surface area contributed by atoms with Crippen LogP contribution in [0.4, 0.5) is 9.93 Å². The molecular weight excluding hydrogens is 284 g/mol. The molecule has 0 aromatic carbocycles. The lowest BCUT2D eigenvalue weighted by Crippen LogP contribution is -2.34. The van der Waals surface area contributed by atoms with E-state index in [2.05, 4.69) is 15.5 Å². The fourth-order valence-electron chi connectivity index (χ4n) is 0.943. The molecule has 1 aromatic rings. The second-order valence-electron chi connectivity index (χ2n) is 3.12. The highest BCUT2D eigenvalue weighted by Gasteiger charge is 2.25. The van der Waals surface area contributed by atoms with Crippen LogP contribution in [0.5, 0.6) is 0 Å². The Hall–Kier alpha value is -1.75. The number of nitrogens with one attached hydrogen (secondary N) is 1. The average Bonchev–Trinajstić information content (AvgIpc) is 2.75. The Morgan fingerprint density at radius 2 is 2.06 bits per heavy atom. The molecule has 0 saturated carbocycles. The third kappa shape index (κ3) is 3.13. The van der Waals surface area contributed by atoms with E-state index in [1.165, 1.54) is 14.1 Å². The molecule has 0 radical (unpaired) electrons. The number of carboxylic acids is 1. The van der Waals surface area contributed by atoms with Gasteiger partial charge in [0.15, 0.2) is 5.75 Å². The fourth-order valence-corrected chi connectivity index (χ4v) is 3.00. The van der Waals surface area contributed by atoms with Gasteiger partial charge in [0.1, 0.15) is 0 Å². The van der Waals surface area contributed by atoms with Crippen molar-refractivity contribution >= 4 is 38.3 Å². The zero-order valence-corrected chi connectivity index (χ0v) is 11.1. The van der Waals surface area contributed by atoms with Gasteiger partial charge < -0.3 is 10.4 Å². The molecule has 0 spiro atoms. The van der Waals surface area contributed by atoms with E-state index in [-0.39, 0.29) is 5.13 Å². The Bertz CT molecular complexity index is 566. The Labute approximate surface area is 106 Å². The second-order valence-corrected chi connectivity index (χ2v) is 6.24. The molecule has 2 N–H and O–H groups in total. The first kappa shape index (κ1) is 14.3. The summed E-state index contributed by atoms with van der Waals surface area (Å²) in [6, 6.07) is -0.492. The summed E-state index contributed by atoms with van der Waals surface area (Å²) in [7, 11) is -1.23. The van der Waals surface area contributed by atoms with Crippen LogP contribution >= 0.6 is 11.3 Å². The first-order valence-electron chi connectivity index (χ1n) is 4.51. The summed E-state index contributed by atoms with van der Waals surface area (Å²) in [4.78, 5) is 22.7. The molecule has 1 aromatic heterocycles. The van der Waals surface area contributed by atoms with E-state index in [4.69, 9.17) is 5.11 Å². The molecule has 9 nitrogen and oxygen atoms in total. The molecule has 0 unspecified atom stereocenters. The summed E-state index contributed by atoms with van der Waals surface area (Å²) in [5, 5.41) is 17.7. The highest BCUT2D eigenvalue weighted by Crippen LogP contribution is 2.23. The van der Waals surface area contributed by atoms with Crippen molar-refractivity contribution in [2.75, 3.05) is 24.7 Å². The van der Waals surface area contributed by atoms with E-state index in [0.29, 0.717) is 11.3 Å². The van der Waals surface area contributed by atoms with E-state index in [1.807, 2.05) is 0 Å². The number of carbonyl (C=O) groups excluding carboxylic acids is 1. The number of hydrogen-bond acceptors (Lipinski definition) is 7. The average molecular weight is 294 g/mol. The van der Waals surface area contributed by atoms with Gasteiger partial charge in [-0.25, -0.2) is 13.2 Å². The summed E-state index contributed by atoms with van der Waals surface area (Å²) in [5.41, 5.74) is 0. The number of carbonyl (C=O) groups is 2. The van der Waals surface area contributed by atoms with E-state index < -0.39 is 31.9 Å². The lowest BCUT2D eigenvalue weighted by molar-refractivity contribution is -0.134. The van der Waals surface area contributed by atoms with Crippen LogP contribution in [-0.2, 0) is 14.6 Å². The number of rotatable bonds is 4. The molecule has 2 amide bonds. The molecule has 11 heteroatoms. The number of anilines is 1. The first-order valence-corrected chi connectivity index (χ1v) is 6.98. The minimum atomic E-state index is -4.02. The minimum Gasteiger partial charge on any atom is -0.480 e. The highest BCUT2D eigenvalue weighted by atomic mass is 32.2. The number of urea groups is 1. The van der Waals surface area contributed by atoms with Gasteiger partial charge in [-0.05, 0) is 0 Å². The maximum Gasteiger partial charge on any atom is 0.323 e. The summed E-state index contributed by atoms with van der Waals surface area (Å²) in [5.74, 6) is -2.54. The quantitative estimate of drug-likeness (QED) is 0.693. The summed E-state index contributed by atoms with van der Waals surface area (Å²) < 4.78 is 22.6. The lowest BCUT2D eigenvalue weighted by atomic mass is 10.8. The normalized spacial score (nSPS) is 11.0. The first-order chi connectivity index (χ1) is 8.27. The molecule has 0 bridgehead atoms. The van der Waals surface area contributed by atoms with Crippen LogP contribution in [-0.4, -0.2) is 55.6 Å². The maximum atomic E-state index is 11.5. The number of aromatic nitrogens is 2. The van der Waals surface area contributed by atoms with Crippen LogP contribution in [0.15, 0.2) is 4.34 Å². The predicted molar refractivity (Wildman–Crippen MR) is 62.5 cm³/mol. The molecule has 0 saturated heterocycles. The third-order valence-electron chi connectivity index (χ3n) is 1.78. The monoisotopic (exact) mass is 294 g/mol. The van der Waals surface area contributed by atoms with Gasteiger partial charge in [0, 0.05) is 14.1 Å². The maximum absolute atomic E-state index is 11.5. The van der Waals surface area contributed by atoms with Crippen molar-refractivity contribution in [2.24, 2.45) is 0 Å². The number of nitrogens with zero attached hydrogens (tertiary/aromatic N) is 3. The predicted octanol–water partition coefficient (Wildman–Crippen LogP) is -0.828. The SMILES string of the molecule is CNC(=O)N(C)c1nnc(S(=O)(=O)CC(=O)O)s1. The van der Waals surface area contributed by atoms with E-state index in [1.54, 1.807) is 0 Å². The van der Waals surface area contributed by atoms with Crippen molar-refractivity contribution in [3.8, 4) is 0 Å². The van der Waals surface area contributed by atoms with Crippen LogP contribution in [0.25, 0.3) is 0 Å². The van der Waals surface area contributed by atoms with Crippen LogP contribution in [0.2, 0.25) is 0 Å². The molecule has 0 atom stereocenters. The van der Waals surface area contributed by atoms with Crippen LogP contribution in [0.1, 0.15) is 0 Å². The molecule has 1 rings (SSSR count). The minimum absolute atomic E-state index is 0.0540. The van der Waals surface area contributed by atoms with Gasteiger partial charge in [-0.1, -0.05) is 11.3 Å². The largest absolute Gasteiger partial charge is 0.480 e. The zero-order chi connectivity index (χ0) is 13.9. The smallest absolute Gasteiger partial charge is 0.323 e. The Balaban J connectivity index is 3.00. The number of amides is 2. The molecule has 0 fully saturated rings. The van der Waals surface area contributed by atoms with Crippen molar-refractivity contribution in [1.29, 1.82) is 0 Å². The van der Waals surface area contributed by atoms with Crippen molar-refractivity contribution in [2.45, 2.75) is 4.34 Å². The van der Waals surface area contributed by atoms with E-state index >= 15 is 0 Å². The summed E-state index contributed by atoms with van der Waals surface area (Å²) in [6.07, 6.45) is 0. The van der Waals surface area contributed by atoms with Crippen molar-refractivity contribution in [3.63, 3.8) is 0 Å². The molecule has 0 aliphatic carbocycles. The fraction of sp³-hybridized carbons (Fsp3) is 0.429. The second kappa shape index (κ2) is 5.27.